The highest BCUT2D eigenvalue weighted by atomic mass is 15.3. The van der Waals surface area contributed by atoms with Crippen LogP contribution < -0.4 is 10.2 Å². The first-order valence-corrected chi connectivity index (χ1v) is 7.67. The summed E-state index contributed by atoms with van der Waals surface area (Å²) in [5.74, 6) is 1.14. The van der Waals surface area contributed by atoms with Gasteiger partial charge in [-0.05, 0) is 33.2 Å². The number of fused-ring (bicyclic) bond motifs is 1. The Balaban J connectivity index is 2.04. The van der Waals surface area contributed by atoms with Gasteiger partial charge in [-0.25, -0.2) is 4.98 Å². The Morgan fingerprint density at radius 3 is 2.86 bits per heavy atom. The Kier molecular flexibility index (Phi) is 4.08. The Morgan fingerprint density at radius 2 is 2.10 bits per heavy atom. The number of pyridine rings is 1. The fourth-order valence-electron chi connectivity index (χ4n) is 3.17. The quantitative estimate of drug-likeness (QED) is 0.935. The fraction of sp³-hybridized carbons (Fsp3) is 0.471. The average molecular weight is 284 g/mol. The lowest BCUT2D eigenvalue weighted by Gasteiger charge is -2.40. The largest absolute Gasteiger partial charge is 0.351 e. The monoisotopic (exact) mass is 284 g/mol. The van der Waals surface area contributed by atoms with Crippen LogP contribution in [-0.2, 0) is 6.54 Å². The van der Waals surface area contributed by atoms with Gasteiger partial charge in [0.1, 0.15) is 5.82 Å². The molecule has 1 N–H and O–H groups in total. The third kappa shape index (κ3) is 2.87. The number of para-hydroxylation sites is 1. The highest BCUT2D eigenvalue weighted by Gasteiger charge is 2.24. The summed E-state index contributed by atoms with van der Waals surface area (Å²) >= 11 is 0. The second kappa shape index (κ2) is 6.00. The van der Waals surface area contributed by atoms with Gasteiger partial charge in [0, 0.05) is 43.2 Å². The Labute approximate surface area is 126 Å². The molecule has 21 heavy (non-hydrogen) atoms. The Bertz CT molecular complexity index is 625. The lowest BCUT2D eigenvalue weighted by molar-refractivity contribution is 0.274. The molecule has 2 aromatic rings. The summed E-state index contributed by atoms with van der Waals surface area (Å²) in [7, 11) is 4.18. The van der Waals surface area contributed by atoms with Crippen molar-refractivity contribution < 1.29 is 0 Å². The van der Waals surface area contributed by atoms with Gasteiger partial charge < -0.3 is 15.1 Å². The summed E-state index contributed by atoms with van der Waals surface area (Å²) in [6.07, 6.45) is 0. The molecule has 0 spiro atoms. The van der Waals surface area contributed by atoms with Gasteiger partial charge in [-0.3, -0.25) is 0 Å². The molecule has 2 heterocycles. The van der Waals surface area contributed by atoms with Crippen molar-refractivity contribution in [2.24, 2.45) is 0 Å². The van der Waals surface area contributed by atoms with Crippen molar-refractivity contribution in [1.82, 2.24) is 15.2 Å². The topological polar surface area (TPSA) is 31.4 Å². The van der Waals surface area contributed by atoms with Crippen LogP contribution in [0.3, 0.4) is 0 Å². The van der Waals surface area contributed by atoms with Gasteiger partial charge in [0.05, 0.1) is 5.52 Å². The van der Waals surface area contributed by atoms with Crippen molar-refractivity contribution in [3.05, 3.63) is 35.9 Å². The van der Waals surface area contributed by atoms with E-state index in [-0.39, 0.29) is 0 Å². The minimum atomic E-state index is 0.494. The molecule has 1 aromatic carbocycles. The van der Waals surface area contributed by atoms with E-state index in [1.807, 2.05) is 7.05 Å². The summed E-state index contributed by atoms with van der Waals surface area (Å²) in [5, 5.41) is 4.49. The molecule has 0 saturated carbocycles. The van der Waals surface area contributed by atoms with Crippen molar-refractivity contribution in [2.75, 3.05) is 38.6 Å². The molecule has 112 valence electrons. The van der Waals surface area contributed by atoms with Gasteiger partial charge in [0.25, 0.3) is 0 Å². The maximum absolute atomic E-state index is 4.96. The minimum absolute atomic E-state index is 0.494. The molecule has 0 aliphatic carbocycles. The molecule has 0 radical (unpaired) electrons. The fourth-order valence-corrected chi connectivity index (χ4v) is 3.17. The van der Waals surface area contributed by atoms with Crippen LogP contribution in [0, 0.1) is 0 Å². The van der Waals surface area contributed by atoms with E-state index in [4.69, 9.17) is 4.98 Å². The number of rotatable bonds is 3. The van der Waals surface area contributed by atoms with Crippen LogP contribution in [0.5, 0.6) is 0 Å². The van der Waals surface area contributed by atoms with Crippen molar-refractivity contribution in [3.8, 4) is 0 Å². The van der Waals surface area contributed by atoms with Gasteiger partial charge in [0.2, 0.25) is 0 Å². The van der Waals surface area contributed by atoms with Crippen LogP contribution in [0.4, 0.5) is 5.82 Å². The van der Waals surface area contributed by atoms with E-state index in [2.05, 4.69) is 59.4 Å². The predicted octanol–water partition coefficient (Wildman–Crippen LogP) is 2.09. The third-order valence-corrected chi connectivity index (χ3v) is 4.25. The molecule has 1 atom stereocenters. The molecule has 0 amide bonds. The molecular weight excluding hydrogens is 260 g/mol. The molecule has 0 bridgehead atoms. The first kappa shape index (κ1) is 14.3. The maximum atomic E-state index is 4.96. The normalized spacial score (nSPS) is 20.1. The number of likely N-dealkylation sites (N-methyl/N-ethyl adjacent to an activating group) is 1. The molecule has 1 aliphatic rings. The SMILES string of the molecule is CNCc1cc2ccccc2nc1N1CCN(C)CC1C. The molecule has 1 aromatic heterocycles. The van der Waals surface area contributed by atoms with Crippen molar-refractivity contribution in [2.45, 2.75) is 19.5 Å². The zero-order chi connectivity index (χ0) is 14.8. The van der Waals surface area contributed by atoms with E-state index in [0.717, 1.165) is 37.5 Å². The van der Waals surface area contributed by atoms with Crippen molar-refractivity contribution >= 4 is 16.7 Å². The number of nitrogens with one attached hydrogen (secondary N) is 1. The molecule has 1 saturated heterocycles. The van der Waals surface area contributed by atoms with Crippen LogP contribution in [0.2, 0.25) is 0 Å². The molecule has 4 nitrogen and oxygen atoms in total. The van der Waals surface area contributed by atoms with Crippen LogP contribution in [0.15, 0.2) is 30.3 Å². The van der Waals surface area contributed by atoms with Crippen LogP contribution in [0.25, 0.3) is 10.9 Å². The number of anilines is 1. The van der Waals surface area contributed by atoms with E-state index in [1.54, 1.807) is 0 Å². The Morgan fingerprint density at radius 1 is 1.29 bits per heavy atom. The molecular formula is C17H24N4. The third-order valence-electron chi connectivity index (χ3n) is 4.25. The zero-order valence-electron chi connectivity index (χ0n) is 13.1. The highest BCUT2D eigenvalue weighted by Crippen LogP contribution is 2.26. The first-order valence-electron chi connectivity index (χ1n) is 7.67. The van der Waals surface area contributed by atoms with Gasteiger partial charge >= 0.3 is 0 Å². The number of benzene rings is 1. The highest BCUT2D eigenvalue weighted by molar-refractivity contribution is 5.82. The van der Waals surface area contributed by atoms with Crippen molar-refractivity contribution in [1.29, 1.82) is 0 Å². The minimum Gasteiger partial charge on any atom is -0.351 e. The van der Waals surface area contributed by atoms with E-state index in [1.165, 1.54) is 10.9 Å². The summed E-state index contributed by atoms with van der Waals surface area (Å²) in [6, 6.07) is 11.1. The summed E-state index contributed by atoms with van der Waals surface area (Å²) in [4.78, 5) is 9.81. The van der Waals surface area contributed by atoms with Crippen LogP contribution >= 0.6 is 0 Å². The second-order valence-corrected chi connectivity index (χ2v) is 6.00. The summed E-state index contributed by atoms with van der Waals surface area (Å²) < 4.78 is 0. The number of hydrogen-bond acceptors (Lipinski definition) is 4. The predicted molar refractivity (Wildman–Crippen MR) is 88.8 cm³/mol. The van der Waals surface area contributed by atoms with Gasteiger partial charge in [-0.15, -0.1) is 0 Å². The lowest BCUT2D eigenvalue weighted by atomic mass is 10.1. The second-order valence-electron chi connectivity index (χ2n) is 6.00. The Hall–Kier alpha value is -1.65. The van der Waals surface area contributed by atoms with E-state index in [0.29, 0.717) is 6.04 Å². The van der Waals surface area contributed by atoms with Gasteiger partial charge in [-0.2, -0.15) is 0 Å². The maximum Gasteiger partial charge on any atom is 0.134 e. The number of hydrogen-bond donors (Lipinski definition) is 1. The molecule has 1 fully saturated rings. The molecule has 3 rings (SSSR count). The molecule has 1 aliphatic heterocycles. The number of piperazine rings is 1. The molecule has 1 unspecified atom stereocenters. The van der Waals surface area contributed by atoms with Crippen LogP contribution in [0.1, 0.15) is 12.5 Å². The van der Waals surface area contributed by atoms with Gasteiger partial charge in [-0.1, -0.05) is 18.2 Å². The first-order chi connectivity index (χ1) is 10.2. The number of aromatic nitrogens is 1. The lowest BCUT2D eigenvalue weighted by Crippen LogP contribution is -2.51. The smallest absolute Gasteiger partial charge is 0.134 e. The standard InChI is InChI=1S/C17H24N4/c1-13-12-20(3)8-9-21(13)17-15(11-18-2)10-14-6-4-5-7-16(14)19-17/h4-7,10,13,18H,8-9,11-12H2,1-3H3. The van der Waals surface area contributed by atoms with E-state index >= 15 is 0 Å². The van der Waals surface area contributed by atoms with Crippen LogP contribution in [-0.4, -0.2) is 49.7 Å². The van der Waals surface area contributed by atoms with E-state index < -0.39 is 0 Å². The summed E-state index contributed by atoms with van der Waals surface area (Å²) in [6.45, 7) is 6.37. The zero-order valence-corrected chi connectivity index (χ0v) is 13.1. The summed E-state index contributed by atoms with van der Waals surface area (Å²) in [5.41, 5.74) is 2.37. The van der Waals surface area contributed by atoms with Crippen molar-refractivity contribution in [3.63, 3.8) is 0 Å². The van der Waals surface area contributed by atoms with Gasteiger partial charge in [0.15, 0.2) is 0 Å². The average Bonchev–Trinajstić information content (AvgIpc) is 2.47. The van der Waals surface area contributed by atoms with E-state index in [9.17, 15) is 0 Å². The molecule has 4 heteroatoms. The number of nitrogens with zero attached hydrogens (tertiary/aromatic N) is 3.